The van der Waals surface area contributed by atoms with Gasteiger partial charge in [0.2, 0.25) is 5.91 Å². The number of ether oxygens (including phenoxy) is 1. The molecule has 5 rings (SSSR count). The van der Waals surface area contributed by atoms with E-state index in [2.05, 4.69) is 38.1 Å². The number of carbonyl (C=O) groups excluding carboxylic acids is 1. The third kappa shape index (κ3) is 5.92. The quantitative estimate of drug-likeness (QED) is 0.291. The van der Waals surface area contributed by atoms with E-state index in [-0.39, 0.29) is 5.91 Å². The Hall–Kier alpha value is -4.72. The van der Waals surface area contributed by atoms with Gasteiger partial charge >= 0.3 is 0 Å². The third-order valence-corrected chi connectivity index (χ3v) is 6.21. The maximum atomic E-state index is 13.1. The smallest absolute Gasteiger partial charge is 0.242 e. The molecule has 0 bridgehead atoms. The van der Waals surface area contributed by atoms with E-state index in [0.717, 1.165) is 34.2 Å². The van der Waals surface area contributed by atoms with Crippen molar-refractivity contribution >= 4 is 29.0 Å². The van der Waals surface area contributed by atoms with Crippen LogP contribution in [-0.2, 0) is 17.8 Å². The van der Waals surface area contributed by atoms with Crippen LogP contribution in [0, 0.1) is 0 Å². The summed E-state index contributed by atoms with van der Waals surface area (Å²) in [5.41, 5.74) is 4.15. The molecule has 8 nitrogen and oxygen atoms in total. The molecule has 5 aromatic rings. The monoisotopic (exact) mass is 492 g/mol. The normalized spacial score (nSPS) is 12.1. The first kappa shape index (κ1) is 24.0. The molecule has 3 aromatic carbocycles. The Kier molecular flexibility index (Phi) is 7.36. The van der Waals surface area contributed by atoms with E-state index in [1.807, 2.05) is 90.5 Å². The average molecular weight is 493 g/mol. The number of fused-ring (bicyclic) bond motifs is 1. The zero-order valence-corrected chi connectivity index (χ0v) is 20.5. The van der Waals surface area contributed by atoms with Crippen LogP contribution in [0.4, 0.5) is 0 Å². The molecule has 8 heteroatoms. The first-order valence-electron chi connectivity index (χ1n) is 12.2. The van der Waals surface area contributed by atoms with Crippen LogP contribution in [0.5, 0.6) is 5.75 Å². The number of aromatic amines is 1. The minimum Gasteiger partial charge on any atom is -0.489 e. The minimum atomic E-state index is -0.401. The molecule has 0 aliphatic rings. The lowest BCUT2D eigenvalue weighted by molar-refractivity contribution is -0.123. The van der Waals surface area contributed by atoms with E-state index in [1.165, 1.54) is 5.56 Å². The number of hydrogen-bond donors (Lipinski definition) is 2. The van der Waals surface area contributed by atoms with Gasteiger partial charge in [-0.25, -0.2) is 0 Å². The summed E-state index contributed by atoms with van der Waals surface area (Å²) < 4.78 is 8.06. The molecule has 0 spiro atoms. The Labute approximate surface area is 215 Å². The van der Waals surface area contributed by atoms with Crippen molar-refractivity contribution in [3.8, 4) is 5.75 Å². The van der Waals surface area contributed by atoms with Crippen LogP contribution in [0.2, 0.25) is 0 Å². The van der Waals surface area contributed by atoms with Gasteiger partial charge in [-0.3, -0.25) is 4.79 Å². The van der Waals surface area contributed by atoms with Crippen molar-refractivity contribution in [2.24, 2.45) is 0 Å². The van der Waals surface area contributed by atoms with Crippen molar-refractivity contribution in [1.29, 1.82) is 0 Å². The molecule has 2 N–H and O–H groups in total. The van der Waals surface area contributed by atoms with Crippen LogP contribution < -0.4 is 10.1 Å². The van der Waals surface area contributed by atoms with Gasteiger partial charge in [-0.1, -0.05) is 60.7 Å². The molecule has 1 atom stereocenters. The summed E-state index contributed by atoms with van der Waals surface area (Å²) in [7, 11) is 0. The van der Waals surface area contributed by atoms with Gasteiger partial charge in [0, 0.05) is 29.2 Å². The van der Waals surface area contributed by atoms with Crippen molar-refractivity contribution in [1.82, 2.24) is 30.5 Å². The molecule has 0 aliphatic carbocycles. The molecule has 37 heavy (non-hydrogen) atoms. The van der Waals surface area contributed by atoms with Gasteiger partial charge in [0.15, 0.2) is 5.82 Å². The maximum absolute atomic E-state index is 13.1. The van der Waals surface area contributed by atoms with Crippen LogP contribution in [0.3, 0.4) is 0 Å². The van der Waals surface area contributed by atoms with Crippen LogP contribution in [0.1, 0.15) is 35.5 Å². The zero-order valence-electron chi connectivity index (χ0n) is 20.5. The van der Waals surface area contributed by atoms with E-state index in [0.29, 0.717) is 19.0 Å². The van der Waals surface area contributed by atoms with Gasteiger partial charge in [-0.2, -0.15) is 5.21 Å². The molecule has 1 unspecified atom stereocenters. The molecular weight excluding hydrogens is 464 g/mol. The van der Waals surface area contributed by atoms with Crippen LogP contribution in [0.25, 0.3) is 23.1 Å². The molecule has 0 saturated carbocycles. The average Bonchev–Trinajstić information content (AvgIpc) is 3.59. The number of hydrogen-bond acceptors (Lipinski definition) is 5. The van der Waals surface area contributed by atoms with Gasteiger partial charge < -0.3 is 14.6 Å². The number of benzene rings is 3. The standard InChI is InChI=1S/C29H28N6O2/c1-21(29(36)30-17-16-22-8-4-2-5-9-22)35-19-24(12-15-28-31-33-34-32-28)26-18-25(13-14-27(26)35)37-20-23-10-6-3-7-11-23/h2-15,18-19,21H,16-17,20H2,1H3,(H,30,36)(H,31,32,33,34). The van der Waals surface area contributed by atoms with E-state index in [9.17, 15) is 4.79 Å². The fraction of sp³-hybridized carbons (Fsp3) is 0.172. The summed E-state index contributed by atoms with van der Waals surface area (Å²) >= 11 is 0. The predicted molar refractivity (Wildman–Crippen MR) is 144 cm³/mol. The number of amides is 1. The molecule has 1 amide bonds. The lowest BCUT2D eigenvalue weighted by Crippen LogP contribution is -2.32. The largest absolute Gasteiger partial charge is 0.489 e. The molecule has 2 heterocycles. The number of rotatable bonds is 10. The van der Waals surface area contributed by atoms with Crippen LogP contribution in [-0.4, -0.2) is 37.6 Å². The van der Waals surface area contributed by atoms with E-state index < -0.39 is 6.04 Å². The molecule has 0 radical (unpaired) electrons. The van der Waals surface area contributed by atoms with Gasteiger partial charge in [0.25, 0.3) is 0 Å². The second-order valence-corrected chi connectivity index (χ2v) is 8.75. The van der Waals surface area contributed by atoms with Crippen molar-refractivity contribution in [2.45, 2.75) is 26.0 Å². The summed E-state index contributed by atoms with van der Waals surface area (Å²) in [4.78, 5) is 13.1. The highest BCUT2D eigenvalue weighted by Gasteiger charge is 2.19. The molecule has 2 aromatic heterocycles. The lowest BCUT2D eigenvalue weighted by Gasteiger charge is -2.16. The van der Waals surface area contributed by atoms with E-state index in [4.69, 9.17) is 4.74 Å². The van der Waals surface area contributed by atoms with Crippen LogP contribution in [0.15, 0.2) is 85.1 Å². The highest BCUT2D eigenvalue weighted by Crippen LogP contribution is 2.30. The van der Waals surface area contributed by atoms with Gasteiger partial charge in [-0.15, -0.1) is 10.2 Å². The SMILES string of the molecule is CC(C(=O)NCCc1ccccc1)n1cc(C=Cc2nn[nH]n2)c2cc(OCc3ccccc3)ccc21. The molecule has 0 saturated heterocycles. The van der Waals surface area contributed by atoms with Crippen LogP contribution >= 0.6 is 0 Å². The summed E-state index contributed by atoms with van der Waals surface area (Å²) in [5, 5.41) is 18.1. The number of carbonyl (C=O) groups is 1. The number of tetrazole rings is 1. The maximum Gasteiger partial charge on any atom is 0.242 e. The van der Waals surface area contributed by atoms with E-state index >= 15 is 0 Å². The Morgan fingerprint density at radius 1 is 1.03 bits per heavy atom. The first-order valence-corrected chi connectivity index (χ1v) is 12.2. The Morgan fingerprint density at radius 2 is 1.78 bits per heavy atom. The van der Waals surface area contributed by atoms with Crippen molar-refractivity contribution in [3.63, 3.8) is 0 Å². The Bertz CT molecular complexity index is 1480. The lowest BCUT2D eigenvalue weighted by atomic mass is 10.1. The molecule has 0 fully saturated rings. The third-order valence-electron chi connectivity index (χ3n) is 6.21. The molecule has 186 valence electrons. The topological polar surface area (TPSA) is 97.7 Å². The summed E-state index contributed by atoms with van der Waals surface area (Å²) in [6.07, 6.45) is 6.46. The Morgan fingerprint density at radius 3 is 2.51 bits per heavy atom. The summed E-state index contributed by atoms with van der Waals surface area (Å²) in [5.74, 6) is 1.19. The second-order valence-electron chi connectivity index (χ2n) is 8.75. The second kappa shape index (κ2) is 11.3. The molecular formula is C29H28N6O2. The summed E-state index contributed by atoms with van der Waals surface area (Å²) in [6, 6.07) is 25.7. The number of nitrogens with one attached hydrogen (secondary N) is 2. The fourth-order valence-electron chi connectivity index (χ4n) is 4.20. The highest BCUT2D eigenvalue weighted by molar-refractivity contribution is 5.94. The Balaban J connectivity index is 1.37. The van der Waals surface area contributed by atoms with Crippen molar-refractivity contribution in [3.05, 3.63) is 108 Å². The number of aromatic nitrogens is 5. The fourth-order valence-corrected chi connectivity index (χ4v) is 4.20. The number of H-pyrrole nitrogens is 1. The van der Waals surface area contributed by atoms with Gasteiger partial charge in [-0.05, 0) is 60.0 Å². The van der Waals surface area contributed by atoms with E-state index in [1.54, 1.807) is 6.08 Å². The van der Waals surface area contributed by atoms with Gasteiger partial charge in [0.05, 0.1) is 0 Å². The van der Waals surface area contributed by atoms with Crippen molar-refractivity contribution in [2.75, 3.05) is 6.54 Å². The molecule has 0 aliphatic heterocycles. The number of nitrogens with zero attached hydrogens (tertiary/aromatic N) is 4. The predicted octanol–water partition coefficient (Wildman–Crippen LogP) is 4.82. The minimum absolute atomic E-state index is 0.0362. The highest BCUT2D eigenvalue weighted by atomic mass is 16.5. The first-order chi connectivity index (χ1) is 18.2. The summed E-state index contributed by atoms with van der Waals surface area (Å²) in [6.45, 7) is 2.96. The zero-order chi connectivity index (χ0) is 25.5. The van der Waals surface area contributed by atoms with Gasteiger partial charge in [0.1, 0.15) is 18.4 Å². The van der Waals surface area contributed by atoms with Crippen molar-refractivity contribution < 1.29 is 9.53 Å².